The van der Waals surface area contributed by atoms with E-state index in [9.17, 15) is 4.79 Å². The third-order valence-corrected chi connectivity index (χ3v) is 0.725. The quantitative estimate of drug-likeness (QED) is 0.416. The van der Waals surface area contributed by atoms with E-state index in [0.717, 1.165) is 0 Å². The first-order valence-corrected chi connectivity index (χ1v) is 2.51. The van der Waals surface area contributed by atoms with E-state index in [0.29, 0.717) is 11.9 Å². The summed E-state index contributed by atoms with van der Waals surface area (Å²) in [5.74, 6) is 0. The Labute approximate surface area is 50.9 Å². The van der Waals surface area contributed by atoms with E-state index in [1.165, 1.54) is 7.11 Å². The molecular formula is C3H4N2O2S. The molecule has 0 aromatic rings. The number of methoxy groups -OCH3 is 1. The first-order chi connectivity index (χ1) is 3.81. The minimum Gasteiger partial charge on any atom is -0.452 e. The first kappa shape index (κ1) is 7.11. The van der Waals surface area contributed by atoms with Gasteiger partial charge in [-0.3, -0.25) is 4.72 Å². The summed E-state index contributed by atoms with van der Waals surface area (Å²) < 4.78 is 6.21. The van der Waals surface area contributed by atoms with Crippen LogP contribution in [0.25, 0.3) is 0 Å². The second-order valence-corrected chi connectivity index (χ2v) is 1.38. The molecule has 8 heavy (non-hydrogen) atoms. The van der Waals surface area contributed by atoms with Gasteiger partial charge in [0, 0.05) is 0 Å². The smallest absolute Gasteiger partial charge is 0.417 e. The Morgan fingerprint density at radius 3 is 3.00 bits per heavy atom. The lowest BCUT2D eigenvalue weighted by atomic mass is 11.2. The summed E-state index contributed by atoms with van der Waals surface area (Å²) in [5, 5.41) is 9.49. The second kappa shape index (κ2) is 4.27. The third kappa shape index (κ3) is 3.31. The van der Waals surface area contributed by atoms with Crippen molar-refractivity contribution in [2.45, 2.75) is 0 Å². The van der Waals surface area contributed by atoms with Crippen molar-refractivity contribution >= 4 is 18.0 Å². The van der Waals surface area contributed by atoms with Gasteiger partial charge in [0.25, 0.3) is 0 Å². The highest BCUT2D eigenvalue weighted by atomic mass is 32.2. The highest BCUT2D eigenvalue weighted by molar-refractivity contribution is 8.02. The van der Waals surface area contributed by atoms with Crippen LogP contribution in [0.1, 0.15) is 0 Å². The van der Waals surface area contributed by atoms with Gasteiger partial charge in [0.05, 0.1) is 19.1 Å². The maximum absolute atomic E-state index is 10.1. The summed E-state index contributed by atoms with van der Waals surface area (Å²) in [4.78, 5) is 10.1. The largest absolute Gasteiger partial charge is 0.452 e. The van der Waals surface area contributed by atoms with Crippen LogP contribution in [0.2, 0.25) is 0 Å². The summed E-state index contributed by atoms with van der Waals surface area (Å²) in [5.41, 5.74) is 0. The van der Waals surface area contributed by atoms with E-state index in [4.69, 9.17) is 5.26 Å². The van der Waals surface area contributed by atoms with Crippen LogP contribution in [-0.4, -0.2) is 13.2 Å². The van der Waals surface area contributed by atoms with Gasteiger partial charge in [-0.25, -0.2) is 4.79 Å². The summed E-state index contributed by atoms with van der Waals surface area (Å²) in [7, 11) is 1.23. The fourth-order valence-corrected chi connectivity index (χ4v) is 0.318. The van der Waals surface area contributed by atoms with Crippen LogP contribution >= 0.6 is 11.9 Å². The number of thiocyanates is 1. The molecule has 4 nitrogen and oxygen atoms in total. The summed E-state index contributed by atoms with van der Waals surface area (Å²) >= 11 is 0.622. The van der Waals surface area contributed by atoms with Crippen molar-refractivity contribution in [1.29, 1.82) is 5.26 Å². The van der Waals surface area contributed by atoms with E-state index in [2.05, 4.69) is 9.46 Å². The third-order valence-electron chi connectivity index (χ3n) is 0.365. The Morgan fingerprint density at radius 2 is 2.62 bits per heavy atom. The van der Waals surface area contributed by atoms with Gasteiger partial charge in [0.15, 0.2) is 5.40 Å². The molecule has 0 rings (SSSR count). The van der Waals surface area contributed by atoms with Gasteiger partial charge < -0.3 is 4.74 Å². The molecule has 0 heterocycles. The van der Waals surface area contributed by atoms with Crippen LogP contribution < -0.4 is 4.72 Å². The average molecular weight is 132 g/mol. The molecule has 0 aromatic carbocycles. The molecule has 0 atom stereocenters. The van der Waals surface area contributed by atoms with Crippen LogP contribution in [0.15, 0.2) is 0 Å². The monoisotopic (exact) mass is 132 g/mol. The molecule has 0 aliphatic carbocycles. The molecule has 1 N–H and O–H groups in total. The van der Waals surface area contributed by atoms with E-state index < -0.39 is 6.09 Å². The van der Waals surface area contributed by atoms with E-state index >= 15 is 0 Å². The van der Waals surface area contributed by atoms with E-state index in [1.807, 2.05) is 0 Å². The molecule has 44 valence electrons. The molecule has 0 radical (unpaired) electrons. The van der Waals surface area contributed by atoms with E-state index in [1.54, 1.807) is 5.40 Å². The van der Waals surface area contributed by atoms with Gasteiger partial charge in [-0.15, -0.1) is 0 Å². The number of nitriles is 1. The number of amides is 1. The number of carbonyl (C=O) groups is 1. The molecule has 5 heteroatoms. The lowest BCUT2D eigenvalue weighted by Gasteiger charge is -1.92. The Balaban J connectivity index is 3.15. The number of carbonyl (C=O) groups excluding carboxylic acids is 1. The molecule has 0 aliphatic rings. The molecule has 0 aromatic heterocycles. The zero-order valence-electron chi connectivity index (χ0n) is 4.17. The van der Waals surface area contributed by atoms with Gasteiger partial charge in [0.2, 0.25) is 0 Å². The summed E-state index contributed by atoms with van der Waals surface area (Å²) in [6.45, 7) is 0. The lowest BCUT2D eigenvalue weighted by Crippen LogP contribution is -2.13. The number of hydrogen-bond acceptors (Lipinski definition) is 4. The number of hydrogen-bond donors (Lipinski definition) is 1. The number of rotatable bonds is 1. The Kier molecular flexibility index (Phi) is 3.80. The number of ether oxygens (including phenoxy) is 1. The Morgan fingerprint density at radius 1 is 2.00 bits per heavy atom. The standard InChI is InChI=1S/C3H4N2O2S/c1-7-3(6)5-8-2-4/h1H3,(H,5,6). The van der Waals surface area contributed by atoms with Gasteiger partial charge in [-0.2, -0.15) is 5.26 Å². The molecule has 0 saturated carbocycles. The minimum atomic E-state index is -0.614. The van der Waals surface area contributed by atoms with Crippen LogP contribution in [0.4, 0.5) is 4.79 Å². The van der Waals surface area contributed by atoms with Crippen molar-refractivity contribution in [2.24, 2.45) is 0 Å². The molecule has 0 aliphatic heterocycles. The zero-order valence-corrected chi connectivity index (χ0v) is 4.99. The molecular weight excluding hydrogens is 128 g/mol. The highest BCUT2D eigenvalue weighted by Crippen LogP contribution is 1.86. The molecule has 0 bridgehead atoms. The second-order valence-electron chi connectivity index (χ2n) is 0.787. The van der Waals surface area contributed by atoms with Crippen LogP contribution in [0.5, 0.6) is 0 Å². The molecule has 0 fully saturated rings. The minimum absolute atomic E-state index is 0.614. The molecule has 0 unspecified atom stereocenters. The number of nitrogens with zero attached hydrogens (tertiary/aromatic N) is 1. The van der Waals surface area contributed by atoms with Crippen LogP contribution in [0.3, 0.4) is 0 Å². The summed E-state index contributed by atoms with van der Waals surface area (Å²) in [6, 6.07) is 0. The summed E-state index contributed by atoms with van der Waals surface area (Å²) in [6.07, 6.45) is -0.614. The Hall–Kier alpha value is -0.890. The first-order valence-electron chi connectivity index (χ1n) is 1.70. The van der Waals surface area contributed by atoms with Gasteiger partial charge in [-0.05, 0) is 0 Å². The maximum atomic E-state index is 10.1. The zero-order chi connectivity index (χ0) is 6.41. The van der Waals surface area contributed by atoms with Crippen molar-refractivity contribution in [3.63, 3.8) is 0 Å². The van der Waals surface area contributed by atoms with Gasteiger partial charge in [-0.1, -0.05) is 0 Å². The van der Waals surface area contributed by atoms with Crippen molar-refractivity contribution < 1.29 is 9.53 Å². The normalized spacial score (nSPS) is 7.00. The van der Waals surface area contributed by atoms with Crippen LogP contribution in [0, 0.1) is 10.7 Å². The topological polar surface area (TPSA) is 62.1 Å². The molecule has 0 saturated heterocycles. The van der Waals surface area contributed by atoms with Gasteiger partial charge in [0.1, 0.15) is 0 Å². The van der Waals surface area contributed by atoms with Crippen LogP contribution in [-0.2, 0) is 4.74 Å². The van der Waals surface area contributed by atoms with Gasteiger partial charge >= 0.3 is 6.09 Å². The predicted octanol–water partition coefficient (Wildman–Crippen LogP) is 0.472. The predicted molar refractivity (Wildman–Crippen MR) is 28.7 cm³/mol. The van der Waals surface area contributed by atoms with Crippen molar-refractivity contribution in [1.82, 2.24) is 4.72 Å². The number of nitrogens with one attached hydrogen (secondary N) is 1. The average Bonchev–Trinajstić information content (AvgIpc) is 1.83. The molecule has 0 spiro atoms. The van der Waals surface area contributed by atoms with Crippen molar-refractivity contribution in [3.05, 3.63) is 0 Å². The van der Waals surface area contributed by atoms with E-state index in [-0.39, 0.29) is 0 Å². The maximum Gasteiger partial charge on any atom is 0.417 e. The molecule has 1 amide bonds. The highest BCUT2D eigenvalue weighted by Gasteiger charge is 1.93. The lowest BCUT2D eigenvalue weighted by molar-refractivity contribution is 0.178. The van der Waals surface area contributed by atoms with Crippen molar-refractivity contribution in [2.75, 3.05) is 7.11 Å². The SMILES string of the molecule is COC(=O)NSC#N. The Bertz CT molecular complexity index is 119. The fraction of sp³-hybridized carbons (Fsp3) is 0.333. The fourth-order valence-electron chi connectivity index (χ4n) is 0.106. The van der Waals surface area contributed by atoms with Crippen molar-refractivity contribution in [3.8, 4) is 5.40 Å².